The maximum absolute atomic E-state index is 11.0. The topological polar surface area (TPSA) is 86.3 Å². The van der Waals surface area contributed by atoms with Crippen molar-refractivity contribution in [3.8, 4) is 0 Å². The molecule has 25 heavy (non-hydrogen) atoms. The highest BCUT2D eigenvalue weighted by molar-refractivity contribution is 7.99. The van der Waals surface area contributed by atoms with E-state index in [1.165, 1.54) is 6.07 Å². The number of benzene rings is 1. The van der Waals surface area contributed by atoms with E-state index in [2.05, 4.69) is 26.6 Å². The third-order valence-corrected chi connectivity index (χ3v) is 5.28. The zero-order valence-electron chi connectivity index (χ0n) is 14.3. The molecule has 2 aromatic rings. The van der Waals surface area contributed by atoms with Crippen LogP contribution in [0.3, 0.4) is 0 Å². The Labute approximate surface area is 150 Å². The molecule has 1 fully saturated rings. The first-order valence-corrected chi connectivity index (χ1v) is 9.15. The van der Waals surface area contributed by atoms with Gasteiger partial charge in [0.2, 0.25) is 5.95 Å². The number of hydrogen-bond acceptors (Lipinski definition) is 7. The summed E-state index contributed by atoms with van der Waals surface area (Å²) in [6.45, 7) is 7.87. The Bertz CT molecular complexity index is 745. The van der Waals surface area contributed by atoms with Crippen molar-refractivity contribution in [2.45, 2.75) is 30.8 Å². The number of nitrogens with zero attached hydrogens (tertiary/aromatic N) is 5. The predicted octanol–water partition coefficient (Wildman–Crippen LogP) is 2.90. The second-order valence-corrected chi connectivity index (χ2v) is 7.05. The van der Waals surface area contributed by atoms with Crippen LogP contribution in [-0.4, -0.2) is 46.0 Å². The number of hydrogen-bond donors (Lipinski definition) is 0. The number of morpholine rings is 1. The second kappa shape index (κ2) is 7.83. The van der Waals surface area contributed by atoms with Crippen molar-refractivity contribution in [1.29, 1.82) is 0 Å². The van der Waals surface area contributed by atoms with Crippen molar-refractivity contribution in [2.75, 3.05) is 31.2 Å². The molecule has 1 unspecified atom stereocenters. The Morgan fingerprint density at radius 3 is 2.80 bits per heavy atom. The fraction of sp³-hybridized carbons (Fsp3) is 0.500. The first-order chi connectivity index (χ1) is 12.1. The second-order valence-electron chi connectivity index (χ2n) is 5.74. The molecular formula is C16H21N5O3S. The lowest BCUT2D eigenvalue weighted by Gasteiger charge is -2.27. The zero-order chi connectivity index (χ0) is 17.8. The van der Waals surface area contributed by atoms with Crippen molar-refractivity contribution < 1.29 is 9.66 Å². The molecule has 8 nitrogen and oxygen atoms in total. The SMILES string of the molecule is CCn1c(SC(C)c2cccc([N+](=O)[O-])c2)nnc1N1CCOCC1. The van der Waals surface area contributed by atoms with E-state index < -0.39 is 0 Å². The number of aromatic nitrogens is 3. The standard InChI is InChI=1S/C16H21N5O3S/c1-3-20-15(19-7-9-24-10-8-19)17-18-16(20)25-12(2)13-5-4-6-14(11-13)21(22)23/h4-6,11-12H,3,7-10H2,1-2H3. The molecule has 1 aromatic heterocycles. The lowest BCUT2D eigenvalue weighted by atomic mass is 10.1. The van der Waals surface area contributed by atoms with Crippen molar-refractivity contribution in [3.05, 3.63) is 39.9 Å². The van der Waals surface area contributed by atoms with Gasteiger partial charge in [-0.05, 0) is 19.4 Å². The van der Waals surface area contributed by atoms with Crippen molar-refractivity contribution in [2.24, 2.45) is 0 Å². The summed E-state index contributed by atoms with van der Waals surface area (Å²) in [7, 11) is 0. The van der Waals surface area contributed by atoms with Crippen LogP contribution in [0, 0.1) is 10.1 Å². The van der Waals surface area contributed by atoms with Crippen LogP contribution in [-0.2, 0) is 11.3 Å². The number of nitro benzene ring substituents is 1. The molecule has 134 valence electrons. The molecule has 1 saturated heterocycles. The van der Waals surface area contributed by atoms with Gasteiger partial charge in [0.15, 0.2) is 5.16 Å². The van der Waals surface area contributed by atoms with E-state index in [0.717, 1.165) is 36.3 Å². The van der Waals surface area contributed by atoms with Gasteiger partial charge in [0, 0.05) is 37.0 Å². The van der Waals surface area contributed by atoms with Crippen molar-refractivity contribution in [3.63, 3.8) is 0 Å². The molecule has 1 aliphatic rings. The monoisotopic (exact) mass is 363 g/mol. The molecule has 3 rings (SSSR count). The number of nitro groups is 1. The minimum Gasteiger partial charge on any atom is -0.378 e. The number of anilines is 1. The Kier molecular flexibility index (Phi) is 5.54. The molecular weight excluding hydrogens is 342 g/mol. The van der Waals surface area contributed by atoms with E-state index in [1.807, 2.05) is 13.0 Å². The summed E-state index contributed by atoms with van der Waals surface area (Å²) in [5.41, 5.74) is 1.01. The van der Waals surface area contributed by atoms with Gasteiger partial charge in [0.05, 0.1) is 18.1 Å². The van der Waals surface area contributed by atoms with Gasteiger partial charge >= 0.3 is 0 Å². The van der Waals surface area contributed by atoms with E-state index in [9.17, 15) is 10.1 Å². The smallest absolute Gasteiger partial charge is 0.269 e. The Balaban J connectivity index is 1.79. The minimum atomic E-state index is -0.369. The van der Waals surface area contributed by atoms with Gasteiger partial charge in [0.25, 0.3) is 5.69 Å². The molecule has 0 spiro atoms. The van der Waals surface area contributed by atoms with Gasteiger partial charge in [-0.1, -0.05) is 23.9 Å². The summed E-state index contributed by atoms with van der Waals surface area (Å²) in [5.74, 6) is 0.861. The fourth-order valence-corrected chi connectivity index (χ4v) is 3.78. The van der Waals surface area contributed by atoms with Gasteiger partial charge in [-0.2, -0.15) is 0 Å². The quantitative estimate of drug-likeness (QED) is 0.443. The lowest BCUT2D eigenvalue weighted by molar-refractivity contribution is -0.384. The Morgan fingerprint density at radius 1 is 1.36 bits per heavy atom. The Hall–Kier alpha value is -2.13. The summed E-state index contributed by atoms with van der Waals surface area (Å²) in [6.07, 6.45) is 0. The fourth-order valence-electron chi connectivity index (χ4n) is 2.76. The van der Waals surface area contributed by atoms with E-state index in [4.69, 9.17) is 4.74 Å². The molecule has 1 aliphatic heterocycles. The number of ether oxygens (including phenoxy) is 1. The molecule has 1 atom stereocenters. The van der Waals surface area contributed by atoms with E-state index in [1.54, 1.807) is 23.9 Å². The van der Waals surface area contributed by atoms with Crippen LogP contribution >= 0.6 is 11.8 Å². The summed E-state index contributed by atoms with van der Waals surface area (Å²) >= 11 is 1.56. The molecule has 0 aliphatic carbocycles. The number of rotatable bonds is 6. The zero-order valence-corrected chi connectivity index (χ0v) is 15.1. The number of non-ortho nitro benzene ring substituents is 1. The average Bonchev–Trinajstić information content (AvgIpc) is 3.05. The molecule has 9 heteroatoms. The molecule has 0 radical (unpaired) electrons. The first kappa shape index (κ1) is 17.7. The first-order valence-electron chi connectivity index (χ1n) is 8.27. The third-order valence-electron chi connectivity index (χ3n) is 4.14. The summed E-state index contributed by atoms with van der Waals surface area (Å²) < 4.78 is 7.48. The Morgan fingerprint density at radius 2 is 2.12 bits per heavy atom. The summed E-state index contributed by atoms with van der Waals surface area (Å²) in [5, 5.41) is 20.5. The average molecular weight is 363 g/mol. The molecule has 0 saturated carbocycles. The molecule has 1 aromatic carbocycles. The highest BCUT2D eigenvalue weighted by atomic mass is 32.2. The maximum atomic E-state index is 11.0. The van der Waals surface area contributed by atoms with Crippen LogP contribution in [0.1, 0.15) is 24.7 Å². The van der Waals surface area contributed by atoms with Gasteiger partial charge in [-0.15, -0.1) is 10.2 Å². The van der Waals surface area contributed by atoms with Gasteiger partial charge < -0.3 is 9.64 Å². The van der Waals surface area contributed by atoms with E-state index in [0.29, 0.717) is 13.2 Å². The van der Waals surface area contributed by atoms with E-state index in [-0.39, 0.29) is 15.9 Å². The van der Waals surface area contributed by atoms with Crippen molar-refractivity contribution >= 4 is 23.4 Å². The van der Waals surface area contributed by atoms with E-state index >= 15 is 0 Å². The molecule has 0 amide bonds. The number of thioether (sulfide) groups is 1. The highest BCUT2D eigenvalue weighted by Gasteiger charge is 2.21. The molecule has 0 N–H and O–H groups in total. The maximum Gasteiger partial charge on any atom is 0.269 e. The lowest BCUT2D eigenvalue weighted by Crippen LogP contribution is -2.38. The van der Waals surface area contributed by atoms with Crippen LogP contribution in [0.25, 0.3) is 0 Å². The van der Waals surface area contributed by atoms with Crippen molar-refractivity contribution in [1.82, 2.24) is 14.8 Å². The normalized spacial score (nSPS) is 16.0. The molecule has 2 heterocycles. The largest absolute Gasteiger partial charge is 0.378 e. The van der Waals surface area contributed by atoms with Crippen LogP contribution in [0.15, 0.2) is 29.4 Å². The van der Waals surface area contributed by atoms with Crippen LogP contribution < -0.4 is 4.90 Å². The van der Waals surface area contributed by atoms with Crippen LogP contribution in [0.2, 0.25) is 0 Å². The third kappa shape index (κ3) is 3.93. The predicted molar refractivity (Wildman–Crippen MR) is 96.1 cm³/mol. The summed E-state index contributed by atoms with van der Waals surface area (Å²) in [4.78, 5) is 12.8. The summed E-state index contributed by atoms with van der Waals surface area (Å²) in [6, 6.07) is 6.74. The van der Waals surface area contributed by atoms with Gasteiger partial charge in [-0.3, -0.25) is 14.7 Å². The van der Waals surface area contributed by atoms with Crippen LogP contribution in [0.4, 0.5) is 11.6 Å². The highest BCUT2D eigenvalue weighted by Crippen LogP contribution is 2.36. The minimum absolute atomic E-state index is 0.0342. The van der Waals surface area contributed by atoms with Gasteiger partial charge in [-0.25, -0.2) is 0 Å². The molecule has 0 bridgehead atoms. The van der Waals surface area contributed by atoms with Gasteiger partial charge in [0.1, 0.15) is 0 Å². The van der Waals surface area contributed by atoms with Crippen LogP contribution in [0.5, 0.6) is 0 Å².